The number of carbonyl (C=O) groups excluding carboxylic acids is 1. The smallest absolute Gasteiger partial charge is 0.339 e. The van der Waals surface area contributed by atoms with Gasteiger partial charge in [-0.05, 0) is 12.1 Å². The van der Waals surface area contributed by atoms with E-state index in [2.05, 4.69) is 4.74 Å². The fourth-order valence-corrected chi connectivity index (χ4v) is 2.30. The summed E-state index contributed by atoms with van der Waals surface area (Å²) in [5, 5.41) is 28.8. The molecule has 0 spiro atoms. The van der Waals surface area contributed by atoms with Crippen LogP contribution >= 0.6 is 23.2 Å². The van der Waals surface area contributed by atoms with Gasteiger partial charge in [-0.2, -0.15) is 0 Å². The molecule has 10 nitrogen and oxygen atoms in total. The van der Waals surface area contributed by atoms with Crippen LogP contribution in [-0.4, -0.2) is 34.0 Å². The highest BCUT2D eigenvalue weighted by atomic mass is 35.5. The molecule has 0 saturated carbocycles. The number of esters is 1. The molecular weight excluding hydrogens is 407 g/mol. The topological polar surface area (TPSA) is 150 Å². The van der Waals surface area contributed by atoms with E-state index in [0.717, 1.165) is 6.07 Å². The summed E-state index contributed by atoms with van der Waals surface area (Å²) in [6.07, 6.45) is 0. The Morgan fingerprint density at radius 1 is 0.926 bits per heavy atom. The van der Waals surface area contributed by atoms with Gasteiger partial charge in [0.1, 0.15) is 10.0 Å². The predicted octanol–water partition coefficient (Wildman–Crippen LogP) is 3.98. The van der Waals surface area contributed by atoms with Crippen molar-refractivity contribution < 1.29 is 29.3 Å². The molecule has 27 heavy (non-hydrogen) atoms. The van der Waals surface area contributed by atoms with Crippen LogP contribution < -0.4 is 0 Å². The van der Waals surface area contributed by atoms with Gasteiger partial charge in [-0.3, -0.25) is 20.2 Å². The van der Waals surface area contributed by atoms with E-state index in [9.17, 15) is 29.8 Å². The van der Waals surface area contributed by atoms with E-state index in [-0.39, 0.29) is 26.9 Å². The van der Waals surface area contributed by atoms with Gasteiger partial charge in [0.2, 0.25) is 0 Å². The molecule has 0 radical (unpaired) electrons. The number of nitrogens with zero attached hydrogens (tertiary/aromatic N) is 2. The zero-order valence-corrected chi connectivity index (χ0v) is 14.9. The lowest BCUT2D eigenvalue weighted by Gasteiger charge is -2.01. The first kappa shape index (κ1) is 21.8. The third-order valence-corrected chi connectivity index (χ3v) is 3.78. The first-order valence-corrected chi connectivity index (χ1v) is 7.54. The summed E-state index contributed by atoms with van der Waals surface area (Å²) in [6, 6.07) is 7.58. The maximum Gasteiger partial charge on any atom is 0.339 e. The van der Waals surface area contributed by atoms with Gasteiger partial charge < -0.3 is 9.84 Å². The summed E-state index contributed by atoms with van der Waals surface area (Å²) in [6.45, 7) is 0. The van der Waals surface area contributed by atoms with Gasteiger partial charge in [0.05, 0.1) is 28.1 Å². The van der Waals surface area contributed by atoms with E-state index in [1.54, 1.807) is 0 Å². The summed E-state index contributed by atoms with van der Waals surface area (Å²) in [5.41, 5.74) is -0.990. The first-order chi connectivity index (χ1) is 12.6. The van der Waals surface area contributed by atoms with Gasteiger partial charge >= 0.3 is 11.9 Å². The number of nitro groups is 2. The van der Waals surface area contributed by atoms with Gasteiger partial charge in [-0.25, -0.2) is 9.59 Å². The summed E-state index contributed by atoms with van der Waals surface area (Å²) in [7, 11) is 1.18. The minimum atomic E-state index is -1.28. The van der Waals surface area contributed by atoms with Crippen molar-refractivity contribution in [2.24, 2.45) is 0 Å². The quantitative estimate of drug-likeness (QED) is 0.446. The number of nitro benzene ring substituents is 2. The number of carboxylic acids is 1. The number of hydrogen-bond donors (Lipinski definition) is 1. The Balaban J connectivity index is 0.000000271. The number of aromatic carboxylic acids is 1. The Kier molecular flexibility index (Phi) is 7.64. The summed E-state index contributed by atoms with van der Waals surface area (Å²) >= 11 is 11.1. The molecule has 0 saturated heterocycles. The molecule has 0 amide bonds. The van der Waals surface area contributed by atoms with E-state index in [1.807, 2.05) is 0 Å². The maximum absolute atomic E-state index is 11.1. The van der Waals surface area contributed by atoms with Crippen LogP contribution in [0.3, 0.4) is 0 Å². The Morgan fingerprint density at radius 3 is 1.70 bits per heavy atom. The molecule has 2 rings (SSSR count). The molecule has 0 unspecified atom stereocenters. The molecule has 2 aromatic rings. The molecule has 0 aliphatic carbocycles. The molecule has 1 N–H and O–H groups in total. The van der Waals surface area contributed by atoms with Crippen molar-refractivity contribution in [3.63, 3.8) is 0 Å². The van der Waals surface area contributed by atoms with E-state index in [4.69, 9.17) is 28.3 Å². The van der Waals surface area contributed by atoms with Gasteiger partial charge in [0, 0.05) is 12.1 Å². The summed E-state index contributed by atoms with van der Waals surface area (Å²) in [4.78, 5) is 41.0. The van der Waals surface area contributed by atoms with Gasteiger partial charge in [-0.15, -0.1) is 0 Å². The second-order valence-electron chi connectivity index (χ2n) is 4.59. The van der Waals surface area contributed by atoms with Crippen LogP contribution in [0.25, 0.3) is 0 Å². The number of methoxy groups -OCH3 is 1. The van der Waals surface area contributed by atoms with Crippen LogP contribution in [0.15, 0.2) is 36.4 Å². The lowest BCUT2D eigenvalue weighted by molar-refractivity contribution is -0.384. The van der Waals surface area contributed by atoms with E-state index in [1.165, 1.54) is 37.4 Å². The van der Waals surface area contributed by atoms with Gasteiger partial charge in [0.15, 0.2) is 0 Å². The number of carbonyl (C=O) groups is 2. The SMILES string of the molecule is COC(=O)c1cccc([N+](=O)[O-])c1Cl.O=C(O)c1cccc([N+](=O)[O-])c1Cl. The standard InChI is InChI=1S/C8H6ClNO4.C7H4ClNO4/c1-14-8(11)5-3-2-4-6(7(5)9)10(12)13;8-6-4(7(10)11)2-1-3-5(6)9(12)13/h2-4H,1H3;1-3H,(H,10,11). The summed E-state index contributed by atoms with van der Waals surface area (Å²) in [5.74, 6) is -1.98. The Morgan fingerprint density at radius 2 is 1.33 bits per heavy atom. The van der Waals surface area contributed by atoms with Crippen LogP contribution in [0.2, 0.25) is 10.0 Å². The number of carboxylic acid groups (broad SMARTS) is 1. The fourth-order valence-electron chi connectivity index (χ4n) is 1.75. The number of rotatable bonds is 4. The second kappa shape index (κ2) is 9.46. The molecule has 0 aliphatic rings. The molecule has 0 heterocycles. The van der Waals surface area contributed by atoms with Crippen molar-refractivity contribution in [1.82, 2.24) is 0 Å². The van der Waals surface area contributed by atoms with Crippen molar-refractivity contribution >= 4 is 46.5 Å². The average molecular weight is 417 g/mol. The van der Waals surface area contributed by atoms with Crippen molar-refractivity contribution in [3.8, 4) is 0 Å². The Bertz CT molecular complexity index is 884. The van der Waals surface area contributed by atoms with Crippen LogP contribution in [0.5, 0.6) is 0 Å². The highest BCUT2D eigenvalue weighted by Gasteiger charge is 2.20. The highest BCUT2D eigenvalue weighted by molar-refractivity contribution is 6.36. The van der Waals surface area contributed by atoms with Gasteiger partial charge in [-0.1, -0.05) is 35.3 Å². The Hall–Kier alpha value is -3.24. The highest BCUT2D eigenvalue weighted by Crippen LogP contribution is 2.28. The fraction of sp³-hybridized carbons (Fsp3) is 0.0667. The molecule has 0 atom stereocenters. The number of benzene rings is 2. The molecule has 0 aromatic heterocycles. The molecular formula is C15H10Cl2N2O8. The van der Waals surface area contributed by atoms with Crippen LogP contribution in [0.1, 0.15) is 20.7 Å². The van der Waals surface area contributed by atoms with Crippen molar-refractivity contribution in [2.75, 3.05) is 7.11 Å². The van der Waals surface area contributed by atoms with E-state index in [0.29, 0.717) is 0 Å². The minimum Gasteiger partial charge on any atom is -0.478 e. The monoisotopic (exact) mass is 416 g/mol. The molecule has 0 fully saturated rings. The van der Waals surface area contributed by atoms with Crippen molar-refractivity contribution in [1.29, 1.82) is 0 Å². The molecule has 142 valence electrons. The van der Waals surface area contributed by atoms with Crippen LogP contribution in [0.4, 0.5) is 11.4 Å². The molecule has 0 aliphatic heterocycles. The van der Waals surface area contributed by atoms with Crippen LogP contribution in [0, 0.1) is 20.2 Å². The average Bonchev–Trinajstić information content (AvgIpc) is 2.61. The van der Waals surface area contributed by atoms with Crippen molar-refractivity contribution in [2.45, 2.75) is 0 Å². The molecule has 2 aromatic carbocycles. The van der Waals surface area contributed by atoms with E-state index >= 15 is 0 Å². The lowest BCUT2D eigenvalue weighted by Crippen LogP contribution is -2.03. The normalized spacial score (nSPS) is 9.59. The summed E-state index contributed by atoms with van der Waals surface area (Å²) < 4.78 is 4.41. The number of hydrogen-bond acceptors (Lipinski definition) is 7. The Labute approximate surface area is 161 Å². The number of ether oxygens (including phenoxy) is 1. The zero-order chi connectivity index (χ0) is 20.7. The van der Waals surface area contributed by atoms with Crippen LogP contribution in [-0.2, 0) is 4.74 Å². The third kappa shape index (κ3) is 5.36. The number of halogens is 2. The zero-order valence-electron chi connectivity index (χ0n) is 13.4. The largest absolute Gasteiger partial charge is 0.478 e. The predicted molar refractivity (Wildman–Crippen MR) is 94.5 cm³/mol. The minimum absolute atomic E-state index is 0.0108. The van der Waals surface area contributed by atoms with Gasteiger partial charge in [0.25, 0.3) is 11.4 Å². The molecule has 0 bridgehead atoms. The lowest BCUT2D eigenvalue weighted by atomic mass is 10.2. The van der Waals surface area contributed by atoms with E-state index < -0.39 is 27.5 Å². The molecule has 12 heteroatoms. The maximum atomic E-state index is 11.1. The second-order valence-corrected chi connectivity index (χ2v) is 5.34. The van der Waals surface area contributed by atoms with Crippen molar-refractivity contribution in [3.05, 3.63) is 77.8 Å². The third-order valence-electron chi connectivity index (χ3n) is 2.99. The first-order valence-electron chi connectivity index (χ1n) is 6.79.